The van der Waals surface area contributed by atoms with Gasteiger partial charge in [0, 0.05) is 29.4 Å². The standard InChI is InChI=1S/C26H22F2N8O2S/c27-17-6-7-18(34-19(37)10-15-11-29-14-39-15)21(28)23(17)35-25-16(4-3-8-30-25)22-24-26(32-12-31-22)36(13-33-24)20-5-1-2-9-38-20/h3-4,6-8,11-14,20H,1-2,5,9-10H2,(H,30,35)(H,34,37). The molecule has 0 saturated carbocycles. The van der Waals surface area contributed by atoms with Crippen LogP contribution >= 0.6 is 11.3 Å². The number of carbonyl (C=O) groups excluding carboxylic acids is 1. The minimum absolute atomic E-state index is 0.0247. The highest BCUT2D eigenvalue weighted by Crippen LogP contribution is 2.35. The summed E-state index contributed by atoms with van der Waals surface area (Å²) in [6.45, 7) is 0.668. The van der Waals surface area contributed by atoms with Gasteiger partial charge >= 0.3 is 0 Å². The maximum atomic E-state index is 15.4. The molecule has 5 heterocycles. The first-order valence-corrected chi connectivity index (χ1v) is 13.1. The number of benzene rings is 1. The van der Waals surface area contributed by atoms with Gasteiger partial charge in [0.2, 0.25) is 5.91 Å². The molecule has 1 aliphatic rings. The highest BCUT2D eigenvalue weighted by Gasteiger charge is 2.23. The van der Waals surface area contributed by atoms with E-state index in [4.69, 9.17) is 4.74 Å². The zero-order chi connectivity index (χ0) is 26.8. The Labute approximate surface area is 225 Å². The van der Waals surface area contributed by atoms with Crippen LogP contribution in [0.25, 0.3) is 22.4 Å². The van der Waals surface area contributed by atoms with Gasteiger partial charge in [-0.2, -0.15) is 0 Å². The van der Waals surface area contributed by atoms with Crippen LogP contribution in [0.2, 0.25) is 0 Å². The summed E-state index contributed by atoms with van der Waals surface area (Å²) in [4.78, 5) is 34.7. The molecular formula is C26H22F2N8O2S. The van der Waals surface area contributed by atoms with Crippen molar-refractivity contribution < 1.29 is 18.3 Å². The number of fused-ring (bicyclic) bond motifs is 1. The monoisotopic (exact) mass is 548 g/mol. The number of halogens is 2. The van der Waals surface area contributed by atoms with Gasteiger partial charge in [-0.25, -0.2) is 28.7 Å². The maximum Gasteiger partial charge on any atom is 0.229 e. The van der Waals surface area contributed by atoms with Crippen molar-refractivity contribution in [2.45, 2.75) is 31.9 Å². The molecule has 6 rings (SSSR count). The summed E-state index contributed by atoms with van der Waals surface area (Å²) in [5.74, 6) is -2.10. The Kier molecular flexibility index (Phi) is 6.90. The number of thiazole rings is 1. The Morgan fingerprint density at radius 3 is 2.90 bits per heavy atom. The molecule has 1 amide bonds. The molecule has 4 aromatic heterocycles. The van der Waals surface area contributed by atoms with Gasteiger partial charge in [0.15, 0.2) is 11.5 Å². The lowest BCUT2D eigenvalue weighted by Crippen LogP contribution is -2.17. The van der Waals surface area contributed by atoms with Crippen molar-refractivity contribution in [2.75, 3.05) is 17.2 Å². The molecule has 1 aliphatic heterocycles. The summed E-state index contributed by atoms with van der Waals surface area (Å²) in [7, 11) is 0. The molecule has 0 spiro atoms. The Morgan fingerprint density at radius 2 is 2.08 bits per heavy atom. The van der Waals surface area contributed by atoms with E-state index in [9.17, 15) is 9.18 Å². The lowest BCUT2D eigenvalue weighted by molar-refractivity contribution is -0.115. The quantitative estimate of drug-likeness (QED) is 0.283. The smallest absolute Gasteiger partial charge is 0.229 e. The zero-order valence-corrected chi connectivity index (χ0v) is 21.3. The van der Waals surface area contributed by atoms with E-state index in [1.54, 1.807) is 30.2 Å². The number of anilines is 3. The second-order valence-electron chi connectivity index (χ2n) is 8.87. The van der Waals surface area contributed by atoms with Crippen LogP contribution in [0.15, 0.2) is 54.8 Å². The van der Waals surface area contributed by atoms with Crippen molar-refractivity contribution in [3.63, 3.8) is 0 Å². The van der Waals surface area contributed by atoms with Gasteiger partial charge in [-0.1, -0.05) is 0 Å². The summed E-state index contributed by atoms with van der Waals surface area (Å²) in [5.41, 5.74) is 2.99. The molecule has 5 aromatic rings. The molecular weight excluding hydrogens is 526 g/mol. The van der Waals surface area contributed by atoms with Gasteiger partial charge in [-0.05, 0) is 43.5 Å². The van der Waals surface area contributed by atoms with E-state index in [0.717, 1.165) is 30.2 Å². The molecule has 1 aromatic carbocycles. The van der Waals surface area contributed by atoms with E-state index in [-0.39, 0.29) is 24.2 Å². The van der Waals surface area contributed by atoms with Crippen molar-refractivity contribution >= 4 is 45.6 Å². The van der Waals surface area contributed by atoms with Gasteiger partial charge < -0.3 is 15.4 Å². The highest BCUT2D eigenvalue weighted by molar-refractivity contribution is 7.09. The van der Waals surface area contributed by atoms with E-state index in [2.05, 4.69) is 35.6 Å². The number of imidazole rings is 1. The summed E-state index contributed by atoms with van der Waals surface area (Å²) in [6, 6.07) is 5.67. The molecule has 0 aliphatic carbocycles. The zero-order valence-electron chi connectivity index (χ0n) is 20.5. The molecule has 39 heavy (non-hydrogen) atoms. The fraction of sp³-hybridized carbons (Fsp3) is 0.231. The van der Waals surface area contributed by atoms with Crippen LogP contribution in [-0.4, -0.2) is 42.0 Å². The number of nitrogens with one attached hydrogen (secondary N) is 2. The molecule has 1 fully saturated rings. The van der Waals surface area contributed by atoms with E-state index in [1.807, 2.05) is 4.57 Å². The number of rotatable bonds is 7. The Balaban J connectivity index is 1.32. The summed E-state index contributed by atoms with van der Waals surface area (Å²) < 4.78 is 38.1. The first kappa shape index (κ1) is 24.9. The van der Waals surface area contributed by atoms with Crippen LogP contribution in [0.4, 0.5) is 26.0 Å². The second-order valence-corrected chi connectivity index (χ2v) is 9.84. The average Bonchev–Trinajstić information content (AvgIpc) is 3.63. The number of hydrogen-bond donors (Lipinski definition) is 2. The van der Waals surface area contributed by atoms with Crippen molar-refractivity contribution in [3.8, 4) is 11.3 Å². The van der Waals surface area contributed by atoms with E-state index in [1.165, 1.54) is 29.9 Å². The maximum absolute atomic E-state index is 15.4. The number of pyridine rings is 1. The number of carbonyl (C=O) groups is 1. The molecule has 0 bridgehead atoms. The molecule has 0 radical (unpaired) electrons. The number of amides is 1. The average molecular weight is 549 g/mol. The molecule has 198 valence electrons. The largest absolute Gasteiger partial charge is 0.358 e. The fourth-order valence-corrected chi connectivity index (χ4v) is 5.06. The predicted molar refractivity (Wildman–Crippen MR) is 141 cm³/mol. The third kappa shape index (κ3) is 5.05. The minimum Gasteiger partial charge on any atom is -0.358 e. The van der Waals surface area contributed by atoms with Crippen LogP contribution in [0, 0.1) is 11.6 Å². The van der Waals surface area contributed by atoms with Crippen molar-refractivity contribution in [2.24, 2.45) is 0 Å². The van der Waals surface area contributed by atoms with E-state index >= 15 is 4.39 Å². The normalized spacial score (nSPS) is 15.4. The molecule has 1 atom stereocenters. The molecule has 13 heteroatoms. The Morgan fingerprint density at radius 1 is 1.15 bits per heavy atom. The van der Waals surface area contributed by atoms with Crippen LogP contribution in [-0.2, 0) is 16.0 Å². The van der Waals surface area contributed by atoms with Crippen molar-refractivity contribution in [1.82, 2.24) is 29.5 Å². The van der Waals surface area contributed by atoms with Crippen LogP contribution in [0.3, 0.4) is 0 Å². The Bertz CT molecular complexity index is 1640. The summed E-state index contributed by atoms with van der Waals surface area (Å²) in [5, 5.41) is 5.26. The number of ether oxygens (including phenoxy) is 1. The van der Waals surface area contributed by atoms with Crippen LogP contribution in [0.5, 0.6) is 0 Å². The van der Waals surface area contributed by atoms with Gasteiger partial charge in [-0.15, -0.1) is 11.3 Å². The van der Waals surface area contributed by atoms with Crippen LogP contribution in [0.1, 0.15) is 30.4 Å². The van der Waals surface area contributed by atoms with Crippen LogP contribution < -0.4 is 10.6 Å². The first-order chi connectivity index (χ1) is 19.1. The number of nitrogens with zero attached hydrogens (tertiary/aromatic N) is 6. The van der Waals surface area contributed by atoms with Gasteiger partial charge in [0.05, 0.1) is 23.9 Å². The van der Waals surface area contributed by atoms with Gasteiger partial charge in [0.1, 0.15) is 41.1 Å². The highest BCUT2D eigenvalue weighted by atomic mass is 32.1. The minimum atomic E-state index is -0.962. The molecule has 2 N–H and O–H groups in total. The number of aromatic nitrogens is 6. The molecule has 1 unspecified atom stereocenters. The lowest BCUT2D eigenvalue weighted by atomic mass is 10.1. The van der Waals surface area contributed by atoms with E-state index in [0.29, 0.717) is 29.0 Å². The topological polar surface area (TPSA) is 120 Å². The van der Waals surface area contributed by atoms with Crippen molar-refractivity contribution in [1.29, 1.82) is 0 Å². The summed E-state index contributed by atoms with van der Waals surface area (Å²) in [6.07, 6.45) is 8.90. The summed E-state index contributed by atoms with van der Waals surface area (Å²) >= 11 is 1.31. The van der Waals surface area contributed by atoms with Gasteiger partial charge in [0.25, 0.3) is 0 Å². The number of hydrogen-bond acceptors (Lipinski definition) is 9. The third-order valence-corrected chi connectivity index (χ3v) is 7.09. The fourth-order valence-electron chi connectivity index (χ4n) is 4.46. The predicted octanol–water partition coefficient (Wildman–Crippen LogP) is 5.25. The van der Waals surface area contributed by atoms with Crippen molar-refractivity contribution in [3.05, 3.63) is 71.3 Å². The third-order valence-electron chi connectivity index (χ3n) is 6.31. The van der Waals surface area contributed by atoms with Gasteiger partial charge in [-0.3, -0.25) is 14.3 Å². The second kappa shape index (κ2) is 10.8. The first-order valence-electron chi connectivity index (χ1n) is 12.2. The molecule has 10 nitrogen and oxygen atoms in total. The molecule has 1 saturated heterocycles. The Hall–Kier alpha value is -4.36. The SMILES string of the molecule is O=C(Cc1cncs1)Nc1ccc(F)c(Nc2ncccc2-c2ncnc3c2ncn3C2CCCCO2)c1F. The van der Waals surface area contributed by atoms with E-state index < -0.39 is 23.2 Å². The lowest BCUT2D eigenvalue weighted by Gasteiger charge is -2.23.